The minimum absolute atomic E-state index is 1.21. The molecular weight excluding hydrogens is 344 g/mol. The van der Waals surface area contributed by atoms with Gasteiger partial charge in [-0.05, 0) is 0 Å². The molecule has 0 radical (unpaired) electrons. The molecule has 25 heavy (non-hydrogen) atoms. The molecule has 0 saturated heterocycles. The van der Waals surface area contributed by atoms with Gasteiger partial charge in [-0.1, -0.05) is 0 Å². The van der Waals surface area contributed by atoms with Crippen molar-refractivity contribution in [3.8, 4) is 0 Å². The van der Waals surface area contributed by atoms with Crippen LogP contribution in [-0.2, 0) is 15.0 Å². The van der Waals surface area contributed by atoms with E-state index in [1.165, 1.54) is 105 Å². The molecule has 0 heterocycles. The molecule has 0 unspecified atom stereocenters. The first-order valence-corrected chi connectivity index (χ1v) is 11.8. The summed E-state index contributed by atoms with van der Waals surface area (Å²) in [7, 11) is 0. The Labute approximate surface area is 163 Å². The van der Waals surface area contributed by atoms with Crippen molar-refractivity contribution in [2.45, 2.75) is 104 Å². The number of unbranched alkanes of at least 4 members (excludes halogenated alkanes) is 8. The molecule has 0 aromatic carbocycles. The molecule has 142 valence electrons. The van der Waals surface area contributed by atoms with Gasteiger partial charge in [-0.25, -0.2) is 0 Å². The molecule has 0 N–H and O–H groups in total. The van der Waals surface area contributed by atoms with Crippen molar-refractivity contribution in [3.63, 3.8) is 0 Å². The minimum atomic E-state index is 1.21. The van der Waals surface area contributed by atoms with Crippen LogP contribution in [-0.4, -0.2) is 0 Å². The molecule has 0 aromatic heterocycles. The van der Waals surface area contributed by atoms with E-state index >= 15 is 0 Å². The van der Waals surface area contributed by atoms with Crippen LogP contribution < -0.4 is 0 Å². The SMILES string of the molecule is CCCCCCCC1=[C]([Fe][C]2=C(CCCCCCC)C=CC2)CC=C1. The molecule has 2 aliphatic rings. The van der Waals surface area contributed by atoms with E-state index in [4.69, 9.17) is 0 Å². The summed E-state index contributed by atoms with van der Waals surface area (Å²) in [4.78, 5) is 0. The van der Waals surface area contributed by atoms with Crippen LogP contribution >= 0.6 is 0 Å². The summed E-state index contributed by atoms with van der Waals surface area (Å²) in [6.07, 6.45) is 28.6. The van der Waals surface area contributed by atoms with E-state index in [-0.39, 0.29) is 0 Å². The first-order valence-electron chi connectivity index (χ1n) is 10.7. The summed E-state index contributed by atoms with van der Waals surface area (Å²) >= 11 is 1.24. The molecule has 2 rings (SSSR count). The summed E-state index contributed by atoms with van der Waals surface area (Å²) in [5.41, 5.74) is 3.33. The van der Waals surface area contributed by atoms with Crippen molar-refractivity contribution in [2.24, 2.45) is 0 Å². The summed E-state index contributed by atoms with van der Waals surface area (Å²) in [6.45, 7) is 4.59. The fourth-order valence-corrected chi connectivity index (χ4v) is 5.33. The average Bonchev–Trinajstić information content (AvgIpc) is 3.25. The van der Waals surface area contributed by atoms with Gasteiger partial charge in [0.1, 0.15) is 0 Å². The van der Waals surface area contributed by atoms with Crippen molar-refractivity contribution in [1.29, 1.82) is 0 Å². The average molecular weight is 382 g/mol. The van der Waals surface area contributed by atoms with E-state index < -0.39 is 0 Å². The van der Waals surface area contributed by atoms with Gasteiger partial charge in [-0.3, -0.25) is 0 Å². The summed E-state index contributed by atoms with van der Waals surface area (Å²) < 4.78 is 3.44. The van der Waals surface area contributed by atoms with E-state index in [0.717, 1.165) is 0 Å². The number of allylic oxidation sites excluding steroid dienone is 8. The van der Waals surface area contributed by atoms with E-state index in [2.05, 4.69) is 38.2 Å². The topological polar surface area (TPSA) is 0 Å². The predicted molar refractivity (Wildman–Crippen MR) is 108 cm³/mol. The molecule has 0 fully saturated rings. The Kier molecular flexibility index (Phi) is 10.6. The molecular formula is C24H38Fe. The molecule has 0 saturated carbocycles. The van der Waals surface area contributed by atoms with Gasteiger partial charge >= 0.3 is 163 Å². The third-order valence-electron chi connectivity index (χ3n) is 5.22. The first kappa shape index (κ1) is 20.8. The van der Waals surface area contributed by atoms with Crippen molar-refractivity contribution in [2.75, 3.05) is 0 Å². The molecule has 0 aliphatic heterocycles. The van der Waals surface area contributed by atoms with Crippen LogP contribution in [0.25, 0.3) is 0 Å². The van der Waals surface area contributed by atoms with Crippen molar-refractivity contribution in [1.82, 2.24) is 0 Å². The molecule has 2 aliphatic carbocycles. The molecule has 0 spiro atoms. The van der Waals surface area contributed by atoms with Gasteiger partial charge in [0.05, 0.1) is 0 Å². The predicted octanol–water partition coefficient (Wildman–Crippen LogP) is 8.22. The fourth-order valence-electron chi connectivity index (χ4n) is 3.63. The third-order valence-corrected chi connectivity index (χ3v) is 7.04. The van der Waals surface area contributed by atoms with Crippen LogP contribution in [0.15, 0.2) is 44.4 Å². The van der Waals surface area contributed by atoms with Crippen LogP contribution in [0.5, 0.6) is 0 Å². The normalized spacial score (nSPS) is 16.9. The molecule has 0 bridgehead atoms. The van der Waals surface area contributed by atoms with Gasteiger partial charge in [0.25, 0.3) is 0 Å². The Balaban J connectivity index is 1.79. The maximum atomic E-state index is 2.42. The van der Waals surface area contributed by atoms with E-state index in [0.29, 0.717) is 0 Å². The van der Waals surface area contributed by atoms with Crippen LogP contribution in [0, 0.1) is 0 Å². The zero-order valence-corrected chi connectivity index (χ0v) is 17.7. The third kappa shape index (κ3) is 7.71. The Bertz CT molecular complexity index is 458. The Morgan fingerprint density at radius 3 is 1.52 bits per heavy atom. The standard InChI is InChI=1S/2C12H19.Fe/c2*1-2-3-4-5-6-9-12-10-7-8-11-12;/h2*7,10H,2-6,8-9H2,1H3;. The van der Waals surface area contributed by atoms with Crippen LogP contribution in [0.3, 0.4) is 0 Å². The Hall–Kier alpha value is -0.521. The zero-order chi connectivity index (χ0) is 17.7. The number of hydrogen-bond donors (Lipinski definition) is 0. The summed E-state index contributed by atoms with van der Waals surface area (Å²) in [5.74, 6) is 0. The van der Waals surface area contributed by atoms with Crippen LogP contribution in [0.4, 0.5) is 0 Å². The second kappa shape index (κ2) is 12.8. The van der Waals surface area contributed by atoms with Crippen LogP contribution in [0.2, 0.25) is 0 Å². The van der Waals surface area contributed by atoms with Gasteiger partial charge < -0.3 is 0 Å². The van der Waals surface area contributed by atoms with E-state index in [1.54, 1.807) is 20.1 Å². The first-order chi connectivity index (χ1) is 12.3. The van der Waals surface area contributed by atoms with Crippen molar-refractivity contribution in [3.05, 3.63) is 44.4 Å². The maximum absolute atomic E-state index is 2.42. The summed E-state index contributed by atoms with van der Waals surface area (Å²) in [5, 5.41) is 0. The van der Waals surface area contributed by atoms with Gasteiger partial charge in [0, 0.05) is 0 Å². The Morgan fingerprint density at radius 2 is 1.08 bits per heavy atom. The van der Waals surface area contributed by atoms with Crippen molar-refractivity contribution >= 4 is 0 Å². The zero-order valence-electron chi connectivity index (χ0n) is 16.6. The molecule has 0 atom stereocenters. The molecule has 1 heteroatoms. The van der Waals surface area contributed by atoms with Gasteiger partial charge in [0.15, 0.2) is 0 Å². The quantitative estimate of drug-likeness (QED) is 0.210. The fraction of sp³-hybridized carbons (Fsp3) is 0.667. The second-order valence-corrected chi connectivity index (χ2v) is 9.07. The Morgan fingerprint density at radius 1 is 0.640 bits per heavy atom. The number of hydrogen-bond acceptors (Lipinski definition) is 0. The number of rotatable bonds is 14. The van der Waals surface area contributed by atoms with Crippen molar-refractivity contribution < 1.29 is 15.0 Å². The van der Waals surface area contributed by atoms with E-state index in [1.807, 2.05) is 0 Å². The monoisotopic (exact) mass is 382 g/mol. The molecule has 0 nitrogen and oxygen atoms in total. The van der Waals surface area contributed by atoms with Gasteiger partial charge in [-0.2, -0.15) is 0 Å². The van der Waals surface area contributed by atoms with Gasteiger partial charge in [0.2, 0.25) is 0 Å². The second-order valence-electron chi connectivity index (χ2n) is 7.46. The molecule has 0 amide bonds. The summed E-state index contributed by atoms with van der Waals surface area (Å²) in [6, 6.07) is 0. The van der Waals surface area contributed by atoms with Gasteiger partial charge in [-0.15, -0.1) is 0 Å². The van der Waals surface area contributed by atoms with Crippen LogP contribution in [0.1, 0.15) is 104 Å². The molecule has 0 aromatic rings. The van der Waals surface area contributed by atoms with E-state index in [9.17, 15) is 0 Å².